The van der Waals surface area contributed by atoms with Gasteiger partial charge in [0.15, 0.2) is 0 Å². The number of benzene rings is 3. The third kappa shape index (κ3) is 3.94. The summed E-state index contributed by atoms with van der Waals surface area (Å²) in [4.78, 5) is 27.0. The highest BCUT2D eigenvalue weighted by atomic mass is 19.1. The molecule has 0 fully saturated rings. The van der Waals surface area contributed by atoms with Crippen molar-refractivity contribution in [1.29, 1.82) is 0 Å². The van der Waals surface area contributed by atoms with Crippen LogP contribution in [0.1, 0.15) is 12.5 Å². The molecule has 0 radical (unpaired) electrons. The predicted molar refractivity (Wildman–Crippen MR) is 113 cm³/mol. The number of nitrogens with one attached hydrogen (secondary N) is 1. The van der Waals surface area contributed by atoms with Crippen LogP contribution in [0, 0.1) is 17.5 Å². The molecule has 3 aromatic rings. The summed E-state index contributed by atoms with van der Waals surface area (Å²) < 4.78 is 47.3. The number of anilines is 2. The van der Waals surface area contributed by atoms with Gasteiger partial charge in [0, 0.05) is 11.8 Å². The standard InChI is InChI=1S/C24H17F3N2O3/c1-2-32-18-9-6-14(7-10-18)21-22(28-17-5-3-4-15(25)12-17)24(31)29(23(21)30)20-13-16(26)8-11-19(20)27/h3-13,28H,2H2,1H3. The van der Waals surface area contributed by atoms with E-state index >= 15 is 0 Å². The zero-order chi connectivity index (χ0) is 22.8. The Morgan fingerprint density at radius 3 is 2.28 bits per heavy atom. The molecule has 8 heteroatoms. The Kier molecular flexibility index (Phi) is 5.68. The molecule has 0 bridgehead atoms. The summed E-state index contributed by atoms with van der Waals surface area (Å²) >= 11 is 0. The molecule has 32 heavy (non-hydrogen) atoms. The van der Waals surface area contributed by atoms with E-state index in [2.05, 4.69) is 5.32 Å². The Morgan fingerprint density at radius 1 is 0.875 bits per heavy atom. The molecule has 0 aromatic heterocycles. The second-order valence-corrected chi connectivity index (χ2v) is 6.88. The molecule has 0 aliphatic carbocycles. The predicted octanol–water partition coefficient (Wildman–Crippen LogP) is 4.90. The number of carbonyl (C=O) groups is 2. The van der Waals surface area contributed by atoms with Crippen LogP contribution in [0.4, 0.5) is 24.5 Å². The number of imide groups is 1. The average molecular weight is 438 g/mol. The van der Waals surface area contributed by atoms with Crippen molar-refractivity contribution in [3.63, 3.8) is 0 Å². The summed E-state index contributed by atoms with van der Waals surface area (Å²) in [6.07, 6.45) is 0. The minimum atomic E-state index is -0.939. The highest BCUT2D eigenvalue weighted by Crippen LogP contribution is 2.35. The van der Waals surface area contributed by atoms with E-state index in [1.54, 1.807) is 24.3 Å². The summed E-state index contributed by atoms with van der Waals surface area (Å²) in [7, 11) is 0. The van der Waals surface area contributed by atoms with Gasteiger partial charge >= 0.3 is 0 Å². The molecule has 0 atom stereocenters. The van der Waals surface area contributed by atoms with Gasteiger partial charge in [-0.1, -0.05) is 18.2 Å². The molecule has 0 spiro atoms. The van der Waals surface area contributed by atoms with Crippen molar-refractivity contribution in [2.24, 2.45) is 0 Å². The highest BCUT2D eigenvalue weighted by molar-refractivity contribution is 6.46. The van der Waals surface area contributed by atoms with Gasteiger partial charge in [-0.3, -0.25) is 9.59 Å². The highest BCUT2D eigenvalue weighted by Gasteiger charge is 2.41. The summed E-state index contributed by atoms with van der Waals surface area (Å²) in [6, 6.07) is 14.2. The molecule has 3 aromatic carbocycles. The first kappa shape index (κ1) is 21.2. The minimum absolute atomic E-state index is 0.0639. The van der Waals surface area contributed by atoms with Crippen molar-refractivity contribution < 1.29 is 27.5 Å². The Morgan fingerprint density at radius 2 is 1.59 bits per heavy atom. The second kappa shape index (κ2) is 8.58. The van der Waals surface area contributed by atoms with Gasteiger partial charge in [0.2, 0.25) is 0 Å². The van der Waals surface area contributed by atoms with Crippen LogP contribution in [-0.2, 0) is 9.59 Å². The lowest BCUT2D eigenvalue weighted by Crippen LogP contribution is -2.33. The van der Waals surface area contributed by atoms with Gasteiger partial charge in [-0.25, -0.2) is 18.1 Å². The lowest BCUT2D eigenvalue weighted by Gasteiger charge is -2.16. The molecule has 5 nitrogen and oxygen atoms in total. The molecular formula is C24H17F3N2O3. The van der Waals surface area contributed by atoms with Crippen LogP contribution in [-0.4, -0.2) is 18.4 Å². The SMILES string of the molecule is CCOc1ccc(C2=C(Nc3cccc(F)c3)C(=O)N(c3cc(F)ccc3F)C2=O)cc1. The summed E-state index contributed by atoms with van der Waals surface area (Å²) in [5.41, 5.74) is -0.199. The van der Waals surface area contributed by atoms with E-state index in [1.165, 1.54) is 18.2 Å². The molecule has 1 aliphatic rings. The third-order valence-corrected chi connectivity index (χ3v) is 4.78. The van der Waals surface area contributed by atoms with Crippen molar-refractivity contribution in [2.75, 3.05) is 16.8 Å². The maximum Gasteiger partial charge on any atom is 0.282 e. The molecule has 162 valence electrons. The lowest BCUT2D eigenvalue weighted by molar-refractivity contribution is -0.120. The Bertz CT molecular complexity index is 1240. The monoisotopic (exact) mass is 438 g/mol. The first-order chi connectivity index (χ1) is 15.4. The van der Waals surface area contributed by atoms with Crippen LogP contribution in [0.5, 0.6) is 5.75 Å². The first-order valence-electron chi connectivity index (χ1n) is 9.73. The summed E-state index contributed by atoms with van der Waals surface area (Å²) in [6.45, 7) is 2.26. The molecule has 4 rings (SSSR count). The number of nitrogens with zero attached hydrogens (tertiary/aromatic N) is 1. The van der Waals surface area contributed by atoms with Crippen LogP contribution >= 0.6 is 0 Å². The molecule has 1 heterocycles. The number of hydrogen-bond donors (Lipinski definition) is 1. The number of ether oxygens (including phenoxy) is 1. The van der Waals surface area contributed by atoms with Crippen molar-refractivity contribution in [2.45, 2.75) is 6.92 Å². The maximum atomic E-state index is 14.4. The maximum absolute atomic E-state index is 14.4. The van der Waals surface area contributed by atoms with Crippen LogP contribution in [0.25, 0.3) is 5.57 Å². The smallest absolute Gasteiger partial charge is 0.282 e. The second-order valence-electron chi connectivity index (χ2n) is 6.88. The van der Waals surface area contributed by atoms with Gasteiger partial charge < -0.3 is 10.1 Å². The number of halogens is 3. The van der Waals surface area contributed by atoms with Gasteiger partial charge in [0.1, 0.15) is 28.9 Å². The van der Waals surface area contributed by atoms with E-state index in [0.717, 1.165) is 24.3 Å². The van der Waals surface area contributed by atoms with E-state index in [9.17, 15) is 22.8 Å². The molecule has 0 unspecified atom stereocenters. The molecule has 0 saturated carbocycles. The largest absolute Gasteiger partial charge is 0.494 e. The van der Waals surface area contributed by atoms with E-state index in [1.807, 2.05) is 6.92 Å². The topological polar surface area (TPSA) is 58.6 Å². The van der Waals surface area contributed by atoms with E-state index in [-0.39, 0.29) is 17.0 Å². The van der Waals surface area contributed by atoms with Gasteiger partial charge in [-0.2, -0.15) is 0 Å². The minimum Gasteiger partial charge on any atom is -0.494 e. The van der Waals surface area contributed by atoms with Crippen molar-refractivity contribution >= 4 is 28.8 Å². The molecule has 1 aliphatic heterocycles. The van der Waals surface area contributed by atoms with Gasteiger partial charge in [-0.05, 0) is 55.0 Å². The molecule has 1 N–H and O–H groups in total. The van der Waals surface area contributed by atoms with Crippen LogP contribution in [0.3, 0.4) is 0 Å². The quantitative estimate of drug-likeness (QED) is 0.557. The molecular weight excluding hydrogens is 421 g/mol. The molecule has 0 saturated heterocycles. The number of carbonyl (C=O) groups excluding carboxylic acids is 2. The first-order valence-corrected chi connectivity index (χ1v) is 9.73. The number of hydrogen-bond acceptors (Lipinski definition) is 4. The van der Waals surface area contributed by atoms with Crippen LogP contribution < -0.4 is 15.0 Å². The van der Waals surface area contributed by atoms with Crippen molar-refractivity contribution in [3.8, 4) is 5.75 Å². The average Bonchev–Trinajstić information content (AvgIpc) is 3.00. The fourth-order valence-corrected chi connectivity index (χ4v) is 3.38. The van der Waals surface area contributed by atoms with Gasteiger partial charge in [-0.15, -0.1) is 0 Å². The van der Waals surface area contributed by atoms with Crippen LogP contribution in [0.15, 0.2) is 72.4 Å². The summed E-state index contributed by atoms with van der Waals surface area (Å²) in [5.74, 6) is -3.48. The Labute approximate surface area is 181 Å². The Balaban J connectivity index is 1.82. The normalized spacial score (nSPS) is 13.7. The van der Waals surface area contributed by atoms with Crippen molar-refractivity contribution in [3.05, 3.63) is 95.4 Å². The fraction of sp³-hybridized carbons (Fsp3) is 0.0833. The van der Waals surface area contributed by atoms with E-state index in [0.29, 0.717) is 22.8 Å². The third-order valence-electron chi connectivity index (χ3n) is 4.78. The zero-order valence-electron chi connectivity index (χ0n) is 16.9. The zero-order valence-corrected chi connectivity index (χ0v) is 16.9. The Hall–Kier alpha value is -4.07. The number of rotatable bonds is 6. The van der Waals surface area contributed by atoms with Crippen LogP contribution in [0.2, 0.25) is 0 Å². The number of amides is 2. The van der Waals surface area contributed by atoms with E-state index < -0.39 is 35.0 Å². The molecule has 2 amide bonds. The van der Waals surface area contributed by atoms with Gasteiger partial charge in [0.25, 0.3) is 11.8 Å². The fourth-order valence-electron chi connectivity index (χ4n) is 3.38. The lowest BCUT2D eigenvalue weighted by atomic mass is 10.0. The summed E-state index contributed by atoms with van der Waals surface area (Å²) in [5, 5.41) is 2.76. The van der Waals surface area contributed by atoms with E-state index in [4.69, 9.17) is 4.74 Å². The van der Waals surface area contributed by atoms with Gasteiger partial charge in [0.05, 0.1) is 17.9 Å². The van der Waals surface area contributed by atoms with Crippen molar-refractivity contribution in [1.82, 2.24) is 0 Å².